The molecule has 0 saturated heterocycles. The monoisotopic (exact) mass is 269 g/mol. The van der Waals surface area contributed by atoms with Gasteiger partial charge in [-0.05, 0) is 18.6 Å². The van der Waals surface area contributed by atoms with Crippen LogP contribution in [0.5, 0.6) is 5.75 Å². The van der Waals surface area contributed by atoms with Gasteiger partial charge in [0.15, 0.2) is 5.82 Å². The summed E-state index contributed by atoms with van der Waals surface area (Å²) in [6.45, 7) is 1.43. The first kappa shape index (κ1) is 12.4. The van der Waals surface area contributed by atoms with Crippen molar-refractivity contribution in [2.24, 2.45) is 0 Å². The van der Waals surface area contributed by atoms with Crippen molar-refractivity contribution in [3.05, 3.63) is 49.1 Å². The van der Waals surface area contributed by atoms with E-state index in [0.717, 1.165) is 30.2 Å². The van der Waals surface area contributed by atoms with Crippen molar-refractivity contribution in [3.63, 3.8) is 0 Å². The maximum atomic E-state index is 5.62. The standard InChI is InChI=1S/C14H15N5O/c1-2-5-12(6-3-1)20-10-4-7-15-13-14-18-17-11-19(14)9-8-16-13/h1-3,5-6,8-9,11H,4,7,10H2,(H,15,16). The summed E-state index contributed by atoms with van der Waals surface area (Å²) in [7, 11) is 0. The van der Waals surface area contributed by atoms with Crippen LogP contribution in [0.3, 0.4) is 0 Å². The Hall–Kier alpha value is -2.63. The Morgan fingerprint density at radius 3 is 3.00 bits per heavy atom. The van der Waals surface area contributed by atoms with Crippen molar-refractivity contribution in [2.45, 2.75) is 6.42 Å². The average Bonchev–Trinajstić information content (AvgIpc) is 2.97. The van der Waals surface area contributed by atoms with Crippen LogP contribution < -0.4 is 10.1 Å². The first-order valence-electron chi connectivity index (χ1n) is 6.49. The molecule has 3 aromatic rings. The third-order valence-electron chi connectivity index (χ3n) is 2.84. The predicted octanol–water partition coefficient (Wildman–Crippen LogP) is 2.01. The highest BCUT2D eigenvalue weighted by Gasteiger charge is 2.03. The Bertz CT molecular complexity index is 667. The number of anilines is 1. The van der Waals surface area contributed by atoms with Crippen LogP contribution >= 0.6 is 0 Å². The van der Waals surface area contributed by atoms with Crippen LogP contribution in [0, 0.1) is 0 Å². The van der Waals surface area contributed by atoms with Gasteiger partial charge in [0.2, 0.25) is 5.65 Å². The van der Waals surface area contributed by atoms with Crippen molar-refractivity contribution < 1.29 is 4.74 Å². The van der Waals surface area contributed by atoms with Gasteiger partial charge in [-0.15, -0.1) is 10.2 Å². The number of ether oxygens (including phenoxy) is 1. The molecule has 0 fully saturated rings. The lowest BCUT2D eigenvalue weighted by atomic mass is 10.3. The lowest BCUT2D eigenvalue weighted by Gasteiger charge is -2.07. The molecule has 6 heteroatoms. The van der Waals surface area contributed by atoms with E-state index in [1.165, 1.54) is 0 Å². The van der Waals surface area contributed by atoms with Gasteiger partial charge in [-0.2, -0.15) is 0 Å². The van der Waals surface area contributed by atoms with Gasteiger partial charge in [0.1, 0.15) is 12.1 Å². The molecule has 3 rings (SSSR count). The predicted molar refractivity (Wildman–Crippen MR) is 75.8 cm³/mol. The number of para-hydroxylation sites is 1. The summed E-state index contributed by atoms with van der Waals surface area (Å²) in [5.41, 5.74) is 0.733. The Balaban J connectivity index is 1.47. The van der Waals surface area contributed by atoms with E-state index in [2.05, 4.69) is 20.5 Å². The van der Waals surface area contributed by atoms with Gasteiger partial charge in [0, 0.05) is 18.9 Å². The highest BCUT2D eigenvalue weighted by molar-refractivity contribution is 5.61. The van der Waals surface area contributed by atoms with E-state index < -0.39 is 0 Å². The lowest BCUT2D eigenvalue weighted by molar-refractivity contribution is 0.315. The van der Waals surface area contributed by atoms with Gasteiger partial charge < -0.3 is 10.1 Å². The highest BCUT2D eigenvalue weighted by atomic mass is 16.5. The molecule has 0 aliphatic heterocycles. The van der Waals surface area contributed by atoms with Gasteiger partial charge in [0.25, 0.3) is 0 Å². The summed E-state index contributed by atoms with van der Waals surface area (Å²) in [6.07, 6.45) is 6.07. The van der Waals surface area contributed by atoms with E-state index in [4.69, 9.17) is 4.74 Å². The van der Waals surface area contributed by atoms with E-state index in [1.54, 1.807) is 12.5 Å². The number of hydrogen-bond donors (Lipinski definition) is 1. The summed E-state index contributed by atoms with van der Waals surface area (Å²) in [4.78, 5) is 4.26. The van der Waals surface area contributed by atoms with Crippen molar-refractivity contribution in [2.75, 3.05) is 18.5 Å². The van der Waals surface area contributed by atoms with Crippen LogP contribution in [0.25, 0.3) is 5.65 Å². The zero-order valence-electron chi connectivity index (χ0n) is 10.9. The van der Waals surface area contributed by atoms with Gasteiger partial charge in [-0.3, -0.25) is 4.40 Å². The van der Waals surface area contributed by atoms with Gasteiger partial charge >= 0.3 is 0 Å². The molecule has 0 unspecified atom stereocenters. The third kappa shape index (κ3) is 2.85. The zero-order valence-corrected chi connectivity index (χ0v) is 10.9. The fraction of sp³-hybridized carbons (Fsp3) is 0.214. The van der Waals surface area contributed by atoms with Gasteiger partial charge in [0.05, 0.1) is 6.61 Å². The Morgan fingerprint density at radius 1 is 1.20 bits per heavy atom. The normalized spacial score (nSPS) is 10.6. The summed E-state index contributed by atoms with van der Waals surface area (Å²) in [6, 6.07) is 9.80. The summed E-state index contributed by atoms with van der Waals surface area (Å²) < 4.78 is 7.45. The number of hydrogen-bond acceptors (Lipinski definition) is 5. The Kier molecular flexibility index (Phi) is 3.73. The molecule has 2 aromatic heterocycles. The SMILES string of the molecule is c1ccc(OCCCNc2nccn3cnnc23)cc1. The molecular weight excluding hydrogens is 254 g/mol. The van der Waals surface area contributed by atoms with Crippen molar-refractivity contribution in [1.29, 1.82) is 0 Å². The molecular formula is C14H15N5O. The van der Waals surface area contributed by atoms with Crippen LogP contribution in [-0.4, -0.2) is 32.7 Å². The van der Waals surface area contributed by atoms with Gasteiger partial charge in [-0.25, -0.2) is 4.98 Å². The van der Waals surface area contributed by atoms with Crippen LogP contribution in [0.15, 0.2) is 49.1 Å². The molecule has 102 valence electrons. The molecule has 20 heavy (non-hydrogen) atoms. The zero-order chi connectivity index (χ0) is 13.6. The molecule has 0 radical (unpaired) electrons. The second-order valence-electron chi connectivity index (χ2n) is 4.28. The summed E-state index contributed by atoms with van der Waals surface area (Å²) in [5.74, 6) is 1.63. The molecule has 0 bridgehead atoms. The summed E-state index contributed by atoms with van der Waals surface area (Å²) in [5, 5.41) is 11.1. The molecule has 0 amide bonds. The first-order valence-corrected chi connectivity index (χ1v) is 6.49. The molecule has 0 aliphatic rings. The first-order chi connectivity index (χ1) is 9.93. The van der Waals surface area contributed by atoms with Crippen molar-refractivity contribution in [3.8, 4) is 5.75 Å². The molecule has 0 spiro atoms. The van der Waals surface area contributed by atoms with E-state index in [1.807, 2.05) is 40.9 Å². The quantitative estimate of drug-likeness (QED) is 0.693. The number of nitrogens with zero attached hydrogens (tertiary/aromatic N) is 4. The number of benzene rings is 1. The fourth-order valence-electron chi connectivity index (χ4n) is 1.87. The molecule has 1 aromatic carbocycles. The second kappa shape index (κ2) is 6.01. The number of rotatable bonds is 6. The molecule has 0 atom stereocenters. The minimum absolute atomic E-state index is 0.660. The van der Waals surface area contributed by atoms with Gasteiger partial charge in [-0.1, -0.05) is 18.2 Å². The van der Waals surface area contributed by atoms with Crippen LogP contribution in [-0.2, 0) is 0 Å². The second-order valence-corrected chi connectivity index (χ2v) is 4.28. The summed E-state index contributed by atoms with van der Waals surface area (Å²) >= 11 is 0. The van der Waals surface area contributed by atoms with E-state index >= 15 is 0 Å². The Labute approximate surface area is 116 Å². The largest absolute Gasteiger partial charge is 0.494 e. The number of fused-ring (bicyclic) bond motifs is 1. The average molecular weight is 269 g/mol. The van der Waals surface area contributed by atoms with E-state index in [9.17, 15) is 0 Å². The number of aromatic nitrogens is 4. The van der Waals surface area contributed by atoms with Crippen LogP contribution in [0.4, 0.5) is 5.82 Å². The molecule has 0 aliphatic carbocycles. The van der Waals surface area contributed by atoms with Crippen molar-refractivity contribution >= 4 is 11.5 Å². The maximum absolute atomic E-state index is 5.62. The van der Waals surface area contributed by atoms with E-state index in [0.29, 0.717) is 6.61 Å². The maximum Gasteiger partial charge on any atom is 0.203 e. The fourth-order valence-corrected chi connectivity index (χ4v) is 1.87. The van der Waals surface area contributed by atoms with Crippen molar-refractivity contribution in [1.82, 2.24) is 19.6 Å². The third-order valence-corrected chi connectivity index (χ3v) is 2.84. The Morgan fingerprint density at radius 2 is 2.10 bits per heavy atom. The highest BCUT2D eigenvalue weighted by Crippen LogP contribution is 2.10. The topological polar surface area (TPSA) is 64.3 Å². The molecule has 6 nitrogen and oxygen atoms in total. The molecule has 1 N–H and O–H groups in total. The minimum Gasteiger partial charge on any atom is -0.494 e. The number of nitrogens with one attached hydrogen (secondary N) is 1. The molecule has 0 saturated carbocycles. The minimum atomic E-state index is 0.660. The van der Waals surface area contributed by atoms with E-state index in [-0.39, 0.29) is 0 Å². The molecule has 2 heterocycles. The smallest absolute Gasteiger partial charge is 0.203 e. The lowest BCUT2D eigenvalue weighted by Crippen LogP contribution is -2.09. The van der Waals surface area contributed by atoms with Crippen LogP contribution in [0.1, 0.15) is 6.42 Å². The van der Waals surface area contributed by atoms with Crippen LogP contribution in [0.2, 0.25) is 0 Å².